The molecule has 1 aliphatic heterocycles. The highest BCUT2D eigenvalue weighted by atomic mass is 16.5. The lowest BCUT2D eigenvalue weighted by atomic mass is 9.95. The van der Waals surface area contributed by atoms with Crippen LogP contribution in [0.4, 0.5) is 5.69 Å². The van der Waals surface area contributed by atoms with E-state index in [1.54, 1.807) is 12.0 Å². The molecule has 2 aromatic carbocycles. The lowest BCUT2D eigenvalue weighted by molar-refractivity contribution is -0.122. The molecule has 0 aromatic heterocycles. The number of amides is 2. The molecule has 28 heavy (non-hydrogen) atoms. The van der Waals surface area contributed by atoms with Gasteiger partial charge in [-0.15, -0.1) is 0 Å². The van der Waals surface area contributed by atoms with Crippen molar-refractivity contribution in [3.05, 3.63) is 54.1 Å². The minimum atomic E-state index is -0.137. The highest BCUT2D eigenvalue weighted by Crippen LogP contribution is 2.31. The Labute approximate surface area is 165 Å². The van der Waals surface area contributed by atoms with Crippen LogP contribution in [0.2, 0.25) is 0 Å². The van der Waals surface area contributed by atoms with Gasteiger partial charge < -0.3 is 19.7 Å². The number of nitrogens with zero attached hydrogens (tertiary/aromatic N) is 1. The Balaban J connectivity index is 1.64. The van der Waals surface area contributed by atoms with Gasteiger partial charge in [-0.05, 0) is 35.7 Å². The zero-order valence-corrected chi connectivity index (χ0v) is 16.5. The van der Waals surface area contributed by atoms with Crippen molar-refractivity contribution in [1.82, 2.24) is 5.32 Å². The van der Waals surface area contributed by atoms with Gasteiger partial charge in [0.05, 0.1) is 18.8 Å². The molecule has 148 valence electrons. The molecule has 6 heteroatoms. The van der Waals surface area contributed by atoms with Crippen molar-refractivity contribution in [2.24, 2.45) is 5.92 Å². The van der Waals surface area contributed by atoms with E-state index in [1.807, 2.05) is 48.5 Å². The summed E-state index contributed by atoms with van der Waals surface area (Å²) in [6.07, 6.45) is 0.222. The first-order valence-corrected chi connectivity index (χ1v) is 9.45. The number of hydrogen-bond donors (Lipinski definition) is 1. The van der Waals surface area contributed by atoms with Gasteiger partial charge in [0.1, 0.15) is 11.5 Å². The molecule has 0 unspecified atom stereocenters. The summed E-state index contributed by atoms with van der Waals surface area (Å²) in [6.45, 7) is 4.45. The molecule has 0 aliphatic carbocycles. The fraction of sp³-hybridized carbons (Fsp3) is 0.364. The highest BCUT2D eigenvalue weighted by molar-refractivity contribution is 5.98. The van der Waals surface area contributed by atoms with E-state index >= 15 is 0 Å². The number of nitrogens with one attached hydrogen (secondary N) is 1. The maximum atomic E-state index is 12.6. The largest absolute Gasteiger partial charge is 0.497 e. The second kappa shape index (κ2) is 8.78. The van der Waals surface area contributed by atoms with Gasteiger partial charge in [-0.3, -0.25) is 9.59 Å². The summed E-state index contributed by atoms with van der Waals surface area (Å²) in [5, 5.41) is 3.10. The Morgan fingerprint density at radius 1 is 1.18 bits per heavy atom. The Kier molecular flexibility index (Phi) is 6.19. The first-order chi connectivity index (χ1) is 13.5. The van der Waals surface area contributed by atoms with Gasteiger partial charge in [0, 0.05) is 13.0 Å². The number of benzene rings is 2. The van der Waals surface area contributed by atoms with Gasteiger partial charge in [0.25, 0.3) is 5.91 Å². The van der Waals surface area contributed by atoms with E-state index in [0.717, 1.165) is 11.3 Å². The highest BCUT2D eigenvalue weighted by Gasteiger charge is 2.26. The number of carbonyl (C=O) groups is 2. The Morgan fingerprint density at radius 3 is 2.57 bits per heavy atom. The van der Waals surface area contributed by atoms with Crippen LogP contribution in [-0.2, 0) is 9.59 Å². The van der Waals surface area contributed by atoms with E-state index in [2.05, 4.69) is 19.2 Å². The van der Waals surface area contributed by atoms with Crippen molar-refractivity contribution >= 4 is 17.5 Å². The SMILES string of the molecule is COc1ccc([C@@H](NC(=O)CCN2C(=O)COc3ccccc32)C(C)C)cc1. The van der Waals surface area contributed by atoms with Crippen molar-refractivity contribution < 1.29 is 19.1 Å². The van der Waals surface area contributed by atoms with Gasteiger partial charge >= 0.3 is 0 Å². The Morgan fingerprint density at radius 2 is 1.89 bits per heavy atom. The molecule has 1 atom stereocenters. The second-order valence-corrected chi connectivity index (χ2v) is 7.11. The van der Waals surface area contributed by atoms with E-state index in [0.29, 0.717) is 18.0 Å². The normalized spacial score (nSPS) is 14.3. The smallest absolute Gasteiger partial charge is 0.265 e. The molecule has 2 amide bonds. The van der Waals surface area contributed by atoms with E-state index in [9.17, 15) is 9.59 Å². The summed E-state index contributed by atoms with van der Waals surface area (Å²) in [5.41, 5.74) is 1.74. The number of carbonyl (C=O) groups excluding carboxylic acids is 2. The molecular formula is C22H26N2O4. The van der Waals surface area contributed by atoms with Crippen molar-refractivity contribution in [3.63, 3.8) is 0 Å². The number of hydrogen-bond acceptors (Lipinski definition) is 4. The summed E-state index contributed by atoms with van der Waals surface area (Å²) in [7, 11) is 1.63. The van der Waals surface area contributed by atoms with Crippen LogP contribution < -0.4 is 19.7 Å². The van der Waals surface area contributed by atoms with Crippen LogP contribution in [0, 0.1) is 5.92 Å². The Hall–Kier alpha value is -3.02. The van der Waals surface area contributed by atoms with Crippen LogP contribution in [-0.4, -0.2) is 32.1 Å². The summed E-state index contributed by atoms with van der Waals surface area (Å²) < 4.78 is 10.6. The predicted octanol–water partition coefficient (Wildman–Crippen LogP) is 3.32. The maximum Gasteiger partial charge on any atom is 0.265 e. The van der Waals surface area contributed by atoms with Gasteiger partial charge in [0.15, 0.2) is 6.61 Å². The van der Waals surface area contributed by atoms with Crippen LogP contribution in [0.3, 0.4) is 0 Å². The van der Waals surface area contributed by atoms with E-state index in [4.69, 9.17) is 9.47 Å². The molecule has 1 aliphatic rings. The summed E-state index contributed by atoms with van der Waals surface area (Å²) >= 11 is 0. The molecule has 2 aromatic rings. The molecule has 0 bridgehead atoms. The number of anilines is 1. The summed E-state index contributed by atoms with van der Waals surface area (Å²) in [4.78, 5) is 26.5. The molecule has 0 saturated carbocycles. The molecule has 1 N–H and O–H groups in total. The van der Waals surface area contributed by atoms with Crippen LogP contribution >= 0.6 is 0 Å². The molecule has 0 saturated heterocycles. The lowest BCUT2D eigenvalue weighted by Crippen LogP contribution is -2.41. The van der Waals surface area contributed by atoms with Crippen molar-refractivity contribution in [1.29, 1.82) is 0 Å². The van der Waals surface area contributed by atoms with Crippen molar-refractivity contribution in [2.75, 3.05) is 25.2 Å². The Bertz CT molecular complexity index is 833. The molecular weight excluding hydrogens is 356 g/mol. The number of para-hydroxylation sites is 2. The third kappa shape index (κ3) is 4.44. The van der Waals surface area contributed by atoms with Gasteiger partial charge in [-0.2, -0.15) is 0 Å². The monoisotopic (exact) mass is 382 g/mol. The van der Waals surface area contributed by atoms with Crippen molar-refractivity contribution in [3.8, 4) is 11.5 Å². The molecule has 6 nitrogen and oxygen atoms in total. The fourth-order valence-corrected chi connectivity index (χ4v) is 3.30. The molecule has 0 fully saturated rings. The molecule has 0 radical (unpaired) electrons. The zero-order valence-electron chi connectivity index (χ0n) is 16.5. The fourth-order valence-electron chi connectivity index (χ4n) is 3.30. The van der Waals surface area contributed by atoms with Crippen molar-refractivity contribution in [2.45, 2.75) is 26.3 Å². The average Bonchev–Trinajstić information content (AvgIpc) is 2.71. The van der Waals surface area contributed by atoms with E-state index in [1.165, 1.54) is 0 Å². The quantitative estimate of drug-likeness (QED) is 0.798. The van der Waals surface area contributed by atoms with Crippen LogP contribution in [0.15, 0.2) is 48.5 Å². The molecule has 1 heterocycles. The van der Waals surface area contributed by atoms with Gasteiger partial charge in [0.2, 0.25) is 5.91 Å². The first-order valence-electron chi connectivity index (χ1n) is 9.45. The summed E-state index contributed by atoms with van der Waals surface area (Å²) in [5.74, 6) is 1.44. The lowest BCUT2D eigenvalue weighted by Gasteiger charge is -2.29. The number of methoxy groups -OCH3 is 1. The van der Waals surface area contributed by atoms with E-state index < -0.39 is 0 Å². The predicted molar refractivity (Wildman–Crippen MR) is 108 cm³/mol. The standard InChI is InChI=1S/C22H26N2O4/c1-15(2)22(16-8-10-17(27-3)11-9-16)23-20(25)12-13-24-18-6-4-5-7-19(18)28-14-21(24)26/h4-11,15,22H,12-14H2,1-3H3,(H,23,25)/t22-/m0/s1. The topological polar surface area (TPSA) is 67.9 Å². The third-order valence-electron chi connectivity index (χ3n) is 4.83. The average molecular weight is 382 g/mol. The zero-order chi connectivity index (χ0) is 20.1. The van der Waals surface area contributed by atoms with Gasteiger partial charge in [-0.1, -0.05) is 38.1 Å². The number of fused-ring (bicyclic) bond motifs is 1. The summed E-state index contributed by atoms with van der Waals surface area (Å²) in [6, 6.07) is 15.0. The first kappa shape index (κ1) is 19.7. The second-order valence-electron chi connectivity index (χ2n) is 7.11. The number of ether oxygens (including phenoxy) is 2. The number of rotatable bonds is 7. The van der Waals surface area contributed by atoms with Gasteiger partial charge in [-0.25, -0.2) is 0 Å². The minimum absolute atomic E-state index is 0.000893. The van der Waals surface area contributed by atoms with Crippen LogP contribution in [0.25, 0.3) is 0 Å². The van der Waals surface area contributed by atoms with Crippen LogP contribution in [0.5, 0.6) is 11.5 Å². The van der Waals surface area contributed by atoms with Crippen LogP contribution in [0.1, 0.15) is 31.9 Å². The molecule has 3 rings (SSSR count). The maximum absolute atomic E-state index is 12.6. The minimum Gasteiger partial charge on any atom is -0.497 e. The molecule has 0 spiro atoms. The van der Waals surface area contributed by atoms with E-state index in [-0.39, 0.29) is 36.8 Å². The third-order valence-corrected chi connectivity index (χ3v) is 4.83.